The molecule has 0 spiro atoms. The number of nitrogens with one attached hydrogen (secondary N) is 1. The minimum atomic E-state index is 0.457. The third kappa shape index (κ3) is 2.61. The molecule has 1 heterocycles. The zero-order valence-corrected chi connectivity index (χ0v) is 12.0. The van der Waals surface area contributed by atoms with E-state index in [0.29, 0.717) is 12.0 Å². The van der Waals surface area contributed by atoms with Crippen LogP contribution < -0.4 is 5.32 Å². The maximum atomic E-state index is 6.13. The molecule has 3 heteroatoms. The van der Waals surface area contributed by atoms with E-state index < -0.39 is 0 Å². The summed E-state index contributed by atoms with van der Waals surface area (Å²) in [5.41, 5.74) is 2.80. The molecule has 1 nitrogen and oxygen atoms in total. The molecular weight excluding hydrogens is 286 g/mol. The number of rotatable bonds is 2. The van der Waals surface area contributed by atoms with Gasteiger partial charge in [-0.2, -0.15) is 0 Å². The lowest BCUT2D eigenvalue weighted by Crippen LogP contribution is -2.31. The molecule has 0 saturated carbocycles. The Bertz CT molecular complexity index is 390. The molecule has 2 rings (SSSR count). The number of hydrogen-bond donors (Lipinski definition) is 1. The number of benzene rings is 1. The number of halogens is 2. The lowest BCUT2D eigenvalue weighted by atomic mass is 9.89. The fraction of sp³-hybridized carbons (Fsp3) is 0.538. The summed E-state index contributed by atoms with van der Waals surface area (Å²) in [5, 5.41) is 4.40. The van der Waals surface area contributed by atoms with Crippen LogP contribution in [0.15, 0.2) is 16.6 Å². The highest BCUT2D eigenvalue weighted by Crippen LogP contribution is 2.34. The van der Waals surface area contributed by atoms with Gasteiger partial charge in [0.2, 0.25) is 0 Å². The zero-order valence-electron chi connectivity index (χ0n) is 9.69. The highest BCUT2D eigenvalue weighted by Gasteiger charge is 2.22. The molecule has 1 unspecified atom stereocenters. The van der Waals surface area contributed by atoms with Crippen molar-refractivity contribution in [2.45, 2.75) is 32.7 Å². The summed E-state index contributed by atoms with van der Waals surface area (Å²) < 4.78 is 1.16. The van der Waals surface area contributed by atoms with Crippen LogP contribution in [-0.2, 0) is 6.42 Å². The van der Waals surface area contributed by atoms with Crippen molar-refractivity contribution in [1.82, 2.24) is 5.32 Å². The lowest BCUT2D eigenvalue weighted by Gasteiger charge is -2.29. The van der Waals surface area contributed by atoms with E-state index in [1.807, 2.05) is 6.07 Å². The van der Waals surface area contributed by atoms with Crippen LogP contribution in [0.3, 0.4) is 0 Å². The minimum absolute atomic E-state index is 0.457. The van der Waals surface area contributed by atoms with Crippen molar-refractivity contribution in [2.75, 3.05) is 6.54 Å². The molecule has 0 amide bonds. The van der Waals surface area contributed by atoms with Gasteiger partial charge in [-0.25, -0.2) is 0 Å². The average molecular weight is 303 g/mol. The van der Waals surface area contributed by atoms with Gasteiger partial charge in [0.05, 0.1) is 0 Å². The lowest BCUT2D eigenvalue weighted by molar-refractivity contribution is 0.414. The molecule has 0 saturated heterocycles. The molecule has 1 atom stereocenters. The van der Waals surface area contributed by atoms with Gasteiger partial charge in [0.15, 0.2) is 0 Å². The van der Waals surface area contributed by atoms with Gasteiger partial charge >= 0.3 is 0 Å². The van der Waals surface area contributed by atoms with Crippen molar-refractivity contribution in [2.24, 2.45) is 5.92 Å². The van der Waals surface area contributed by atoms with Gasteiger partial charge in [0, 0.05) is 15.5 Å². The molecule has 1 aromatic rings. The largest absolute Gasteiger partial charge is 0.310 e. The van der Waals surface area contributed by atoms with Crippen molar-refractivity contribution < 1.29 is 0 Å². The van der Waals surface area contributed by atoms with Gasteiger partial charge < -0.3 is 5.32 Å². The predicted molar refractivity (Wildman–Crippen MR) is 73.1 cm³/mol. The fourth-order valence-corrected chi connectivity index (χ4v) is 3.39. The summed E-state index contributed by atoms with van der Waals surface area (Å²) in [6.45, 7) is 5.58. The van der Waals surface area contributed by atoms with Crippen molar-refractivity contribution in [3.8, 4) is 0 Å². The first-order chi connectivity index (χ1) is 7.58. The van der Waals surface area contributed by atoms with Crippen LogP contribution in [0.25, 0.3) is 0 Å². The topological polar surface area (TPSA) is 12.0 Å². The zero-order chi connectivity index (χ0) is 11.7. The summed E-state index contributed by atoms with van der Waals surface area (Å²) in [6, 6.07) is 4.57. The SMILES string of the molecule is CC(C)CC1NCCc2c(Br)cc(Cl)cc21. The first-order valence-electron chi connectivity index (χ1n) is 5.79. The van der Waals surface area contributed by atoms with Gasteiger partial charge in [-0.1, -0.05) is 41.4 Å². The quantitative estimate of drug-likeness (QED) is 0.857. The second-order valence-corrected chi connectivity index (χ2v) is 6.13. The molecule has 1 aliphatic rings. The van der Waals surface area contributed by atoms with E-state index in [9.17, 15) is 0 Å². The Morgan fingerprint density at radius 3 is 2.94 bits per heavy atom. The van der Waals surface area contributed by atoms with Crippen LogP contribution in [-0.4, -0.2) is 6.54 Å². The normalized spacial score (nSPS) is 19.9. The maximum absolute atomic E-state index is 6.13. The molecule has 88 valence electrons. The van der Waals surface area contributed by atoms with Gasteiger partial charge in [0.1, 0.15) is 0 Å². The first-order valence-corrected chi connectivity index (χ1v) is 6.96. The third-order valence-electron chi connectivity index (χ3n) is 3.04. The highest BCUT2D eigenvalue weighted by atomic mass is 79.9. The molecule has 1 aliphatic heterocycles. The maximum Gasteiger partial charge on any atom is 0.0420 e. The summed E-state index contributed by atoms with van der Waals surface area (Å²) in [7, 11) is 0. The van der Waals surface area contributed by atoms with Crippen LogP contribution in [0.1, 0.15) is 37.4 Å². The number of fused-ring (bicyclic) bond motifs is 1. The smallest absolute Gasteiger partial charge is 0.0420 e. The van der Waals surface area contributed by atoms with Crippen LogP contribution >= 0.6 is 27.5 Å². The Morgan fingerprint density at radius 2 is 2.25 bits per heavy atom. The molecule has 0 bridgehead atoms. The van der Waals surface area contributed by atoms with E-state index in [0.717, 1.165) is 22.5 Å². The molecule has 0 aliphatic carbocycles. The van der Waals surface area contributed by atoms with E-state index in [2.05, 4.69) is 41.2 Å². The molecule has 16 heavy (non-hydrogen) atoms. The fourth-order valence-electron chi connectivity index (χ4n) is 2.36. The van der Waals surface area contributed by atoms with E-state index in [4.69, 9.17) is 11.6 Å². The predicted octanol–water partition coefficient (Wildman–Crippen LogP) is 4.34. The second-order valence-electron chi connectivity index (χ2n) is 4.84. The highest BCUT2D eigenvalue weighted by molar-refractivity contribution is 9.10. The van der Waals surface area contributed by atoms with Crippen molar-refractivity contribution in [3.63, 3.8) is 0 Å². The summed E-state index contributed by atoms with van der Waals surface area (Å²) >= 11 is 9.74. The van der Waals surface area contributed by atoms with Crippen molar-refractivity contribution in [1.29, 1.82) is 0 Å². The summed E-state index contributed by atoms with van der Waals surface area (Å²) in [4.78, 5) is 0. The minimum Gasteiger partial charge on any atom is -0.310 e. The van der Waals surface area contributed by atoms with E-state index >= 15 is 0 Å². The van der Waals surface area contributed by atoms with E-state index in [-0.39, 0.29) is 0 Å². The summed E-state index contributed by atoms with van der Waals surface area (Å²) in [5.74, 6) is 0.696. The van der Waals surface area contributed by atoms with Gasteiger partial charge in [-0.05, 0) is 48.6 Å². The second kappa shape index (κ2) is 5.07. The first kappa shape index (κ1) is 12.4. The monoisotopic (exact) mass is 301 g/mol. The molecule has 1 aromatic carbocycles. The molecule has 0 radical (unpaired) electrons. The molecular formula is C13H17BrClN. The number of hydrogen-bond acceptors (Lipinski definition) is 1. The van der Waals surface area contributed by atoms with Gasteiger partial charge in [-0.3, -0.25) is 0 Å². The molecule has 0 fully saturated rings. The van der Waals surface area contributed by atoms with E-state index in [1.54, 1.807) is 0 Å². The standard InChI is InChI=1S/C13H17BrClN/c1-8(2)5-13-11-6-9(15)7-12(14)10(11)3-4-16-13/h6-8,13,16H,3-5H2,1-2H3. The molecule has 0 aromatic heterocycles. The molecule has 1 N–H and O–H groups in total. The van der Waals surface area contributed by atoms with Crippen LogP contribution in [0.2, 0.25) is 5.02 Å². The Labute approximate surface area is 111 Å². The van der Waals surface area contributed by atoms with Crippen LogP contribution in [0.4, 0.5) is 0 Å². The van der Waals surface area contributed by atoms with Crippen LogP contribution in [0, 0.1) is 5.92 Å². The third-order valence-corrected chi connectivity index (χ3v) is 3.97. The summed E-state index contributed by atoms with van der Waals surface area (Å²) in [6.07, 6.45) is 2.25. The Morgan fingerprint density at radius 1 is 1.50 bits per heavy atom. The van der Waals surface area contributed by atoms with Crippen LogP contribution in [0.5, 0.6) is 0 Å². The van der Waals surface area contributed by atoms with E-state index in [1.165, 1.54) is 17.5 Å². The Hall–Kier alpha value is -0.0500. The average Bonchev–Trinajstić information content (AvgIpc) is 2.18. The van der Waals surface area contributed by atoms with Crippen molar-refractivity contribution >= 4 is 27.5 Å². The van der Waals surface area contributed by atoms with Gasteiger partial charge in [-0.15, -0.1) is 0 Å². The Balaban J connectivity index is 2.37. The van der Waals surface area contributed by atoms with Crippen molar-refractivity contribution in [3.05, 3.63) is 32.8 Å². The van der Waals surface area contributed by atoms with Gasteiger partial charge in [0.25, 0.3) is 0 Å². The Kier molecular flexibility index (Phi) is 3.93.